The zero-order valence-corrected chi connectivity index (χ0v) is 14.6. The van der Waals surface area contributed by atoms with Crippen LogP contribution in [0.4, 0.5) is 8.78 Å². The summed E-state index contributed by atoms with van der Waals surface area (Å²) >= 11 is 0. The van der Waals surface area contributed by atoms with Crippen LogP contribution in [0.1, 0.15) is 46.5 Å². The molecule has 1 rings (SSSR count). The van der Waals surface area contributed by atoms with Gasteiger partial charge in [0.15, 0.2) is 11.7 Å². The highest BCUT2D eigenvalue weighted by Crippen LogP contribution is 2.34. The Balaban J connectivity index is 2.78. The van der Waals surface area contributed by atoms with Gasteiger partial charge in [0.1, 0.15) is 0 Å². The zero-order chi connectivity index (χ0) is 17.6. The first-order valence-electron chi connectivity index (χ1n) is 8.21. The molecule has 0 heterocycles. The molecule has 0 atom stereocenters. The van der Waals surface area contributed by atoms with Gasteiger partial charge in [-0.1, -0.05) is 57.7 Å². The molecule has 23 heavy (non-hydrogen) atoms. The molecule has 0 unspecified atom stereocenters. The Labute approximate surface area is 139 Å². The van der Waals surface area contributed by atoms with E-state index in [1.165, 1.54) is 38.2 Å². The number of hydrogen-bond acceptors (Lipinski definition) is 0. The van der Waals surface area contributed by atoms with Crippen molar-refractivity contribution in [1.29, 1.82) is 0 Å². The largest absolute Gasteiger partial charge is 0.203 e. The Bertz CT molecular complexity index is 565. The molecular weight excluding hydrogens is 290 g/mol. The highest BCUT2D eigenvalue weighted by Gasteiger charge is 2.20. The summed E-state index contributed by atoms with van der Waals surface area (Å²) in [6, 6.07) is 0. The predicted octanol–water partition coefficient (Wildman–Crippen LogP) is 7.15. The summed E-state index contributed by atoms with van der Waals surface area (Å²) in [6.45, 7) is 16.5. The van der Waals surface area contributed by atoms with Gasteiger partial charge in [-0.15, -0.1) is 0 Å². The number of rotatable bonds is 6. The minimum Gasteiger partial charge on any atom is -0.203 e. The fraction of sp³-hybridized carbons (Fsp3) is 0.429. The van der Waals surface area contributed by atoms with Gasteiger partial charge in [-0.2, -0.15) is 0 Å². The lowest BCUT2D eigenvalue weighted by Gasteiger charge is -2.27. The molecule has 1 aliphatic rings. The Morgan fingerprint density at radius 2 is 1.52 bits per heavy atom. The van der Waals surface area contributed by atoms with E-state index in [1.54, 1.807) is 6.08 Å². The first-order valence-corrected chi connectivity index (χ1v) is 8.21. The average molecular weight is 318 g/mol. The van der Waals surface area contributed by atoms with Crippen LogP contribution in [0.15, 0.2) is 71.9 Å². The Morgan fingerprint density at radius 1 is 0.957 bits per heavy atom. The lowest BCUT2D eigenvalue weighted by atomic mass is 9.79. The van der Waals surface area contributed by atoms with E-state index < -0.39 is 11.7 Å². The Hall–Kier alpha value is -1.70. The van der Waals surface area contributed by atoms with Gasteiger partial charge in [0.25, 0.3) is 0 Å². The second-order valence-corrected chi connectivity index (χ2v) is 6.49. The first kappa shape index (κ1) is 19.3. The van der Waals surface area contributed by atoms with Crippen molar-refractivity contribution in [3.63, 3.8) is 0 Å². The SMILES string of the molecule is C=C(/C=C\C(=C/C)C1CCC(C)CC1)C(=C)/C(F)=C(/F)C(=C)C. The highest BCUT2D eigenvalue weighted by molar-refractivity contribution is 5.50. The zero-order valence-electron chi connectivity index (χ0n) is 14.6. The summed E-state index contributed by atoms with van der Waals surface area (Å²) < 4.78 is 27.5. The normalized spacial score (nSPS) is 23.6. The summed E-state index contributed by atoms with van der Waals surface area (Å²) in [6.07, 6.45) is 10.6. The quantitative estimate of drug-likeness (QED) is 0.456. The standard InChI is InChI=1S/C21H28F2/c1-7-18(19-11-8-15(4)9-12-19)13-10-16(5)17(6)21(23)20(22)14(2)3/h7,10,13,15,19H,2,5-6,8-9,11-12H2,1,3-4H3/b13-10-,18-7+,21-20-. The smallest absolute Gasteiger partial charge is 0.166 e. The van der Waals surface area contributed by atoms with Gasteiger partial charge in [-0.25, -0.2) is 8.78 Å². The maximum absolute atomic E-state index is 13.9. The molecule has 0 amide bonds. The van der Waals surface area contributed by atoms with Crippen LogP contribution in [-0.2, 0) is 0 Å². The van der Waals surface area contributed by atoms with Crippen molar-refractivity contribution in [2.24, 2.45) is 11.8 Å². The molecule has 1 saturated carbocycles. The first-order chi connectivity index (χ1) is 10.8. The molecule has 0 aliphatic heterocycles. The predicted molar refractivity (Wildman–Crippen MR) is 96.4 cm³/mol. The van der Waals surface area contributed by atoms with Crippen LogP contribution in [-0.4, -0.2) is 0 Å². The van der Waals surface area contributed by atoms with Crippen molar-refractivity contribution < 1.29 is 8.78 Å². The van der Waals surface area contributed by atoms with E-state index in [4.69, 9.17) is 0 Å². The van der Waals surface area contributed by atoms with Crippen LogP contribution in [0, 0.1) is 11.8 Å². The molecule has 0 aromatic carbocycles. The van der Waals surface area contributed by atoms with E-state index >= 15 is 0 Å². The van der Waals surface area contributed by atoms with Crippen LogP contribution < -0.4 is 0 Å². The minimum absolute atomic E-state index is 0.0329. The summed E-state index contributed by atoms with van der Waals surface area (Å²) in [7, 11) is 0. The molecule has 1 aliphatic carbocycles. The number of hydrogen-bond donors (Lipinski definition) is 0. The van der Waals surface area contributed by atoms with Crippen molar-refractivity contribution in [2.75, 3.05) is 0 Å². The van der Waals surface area contributed by atoms with E-state index in [2.05, 4.69) is 32.7 Å². The van der Waals surface area contributed by atoms with Crippen molar-refractivity contribution in [1.82, 2.24) is 0 Å². The molecule has 0 aromatic rings. The molecule has 0 aromatic heterocycles. The lowest BCUT2D eigenvalue weighted by molar-refractivity contribution is 0.323. The molecule has 0 radical (unpaired) electrons. The summed E-state index contributed by atoms with van der Waals surface area (Å²) in [5.74, 6) is -0.605. The second-order valence-electron chi connectivity index (χ2n) is 6.49. The van der Waals surface area contributed by atoms with E-state index in [0.29, 0.717) is 11.5 Å². The molecule has 0 bridgehead atoms. The van der Waals surface area contributed by atoms with Gasteiger partial charge >= 0.3 is 0 Å². The number of allylic oxidation sites excluding steroid dienone is 9. The van der Waals surface area contributed by atoms with Crippen molar-refractivity contribution in [3.8, 4) is 0 Å². The average Bonchev–Trinajstić information content (AvgIpc) is 2.54. The van der Waals surface area contributed by atoms with Crippen LogP contribution in [0.2, 0.25) is 0 Å². The molecule has 0 saturated heterocycles. The van der Waals surface area contributed by atoms with Crippen LogP contribution >= 0.6 is 0 Å². The topological polar surface area (TPSA) is 0 Å². The molecule has 0 N–H and O–H groups in total. The third-order valence-electron chi connectivity index (χ3n) is 4.52. The molecule has 0 spiro atoms. The third kappa shape index (κ3) is 5.46. The lowest BCUT2D eigenvalue weighted by Crippen LogP contribution is -2.13. The van der Waals surface area contributed by atoms with Gasteiger partial charge in [0.05, 0.1) is 0 Å². The Kier molecular flexibility index (Phi) is 7.41. The van der Waals surface area contributed by atoms with Gasteiger partial charge < -0.3 is 0 Å². The number of halogens is 2. The van der Waals surface area contributed by atoms with Crippen LogP contribution in [0.5, 0.6) is 0 Å². The van der Waals surface area contributed by atoms with E-state index in [0.717, 1.165) is 5.92 Å². The second kappa shape index (κ2) is 8.81. The van der Waals surface area contributed by atoms with Crippen LogP contribution in [0.25, 0.3) is 0 Å². The van der Waals surface area contributed by atoms with Gasteiger partial charge in [0.2, 0.25) is 0 Å². The third-order valence-corrected chi connectivity index (χ3v) is 4.52. The molecular formula is C21H28F2. The van der Waals surface area contributed by atoms with Gasteiger partial charge in [0, 0.05) is 5.57 Å². The fourth-order valence-electron chi connectivity index (χ4n) is 2.82. The van der Waals surface area contributed by atoms with E-state index in [9.17, 15) is 8.78 Å². The van der Waals surface area contributed by atoms with Crippen LogP contribution in [0.3, 0.4) is 0 Å². The summed E-state index contributed by atoms with van der Waals surface area (Å²) in [4.78, 5) is 0. The molecule has 1 fully saturated rings. The highest BCUT2D eigenvalue weighted by atomic mass is 19.2. The monoisotopic (exact) mass is 318 g/mol. The summed E-state index contributed by atoms with van der Waals surface area (Å²) in [5.41, 5.74) is 1.62. The maximum atomic E-state index is 13.9. The maximum Gasteiger partial charge on any atom is 0.166 e. The van der Waals surface area contributed by atoms with Crippen molar-refractivity contribution in [3.05, 3.63) is 71.9 Å². The fourth-order valence-corrected chi connectivity index (χ4v) is 2.82. The minimum atomic E-state index is -0.985. The summed E-state index contributed by atoms with van der Waals surface area (Å²) in [5, 5.41) is 0. The van der Waals surface area contributed by atoms with Crippen molar-refractivity contribution in [2.45, 2.75) is 46.5 Å². The van der Waals surface area contributed by atoms with Gasteiger partial charge in [-0.05, 0) is 55.2 Å². The van der Waals surface area contributed by atoms with E-state index in [-0.39, 0.29) is 11.1 Å². The van der Waals surface area contributed by atoms with E-state index in [1.807, 2.05) is 13.0 Å². The molecule has 126 valence electrons. The Morgan fingerprint density at radius 3 is 2.00 bits per heavy atom. The molecule has 2 heteroatoms. The molecule has 0 nitrogen and oxygen atoms in total. The van der Waals surface area contributed by atoms with Crippen molar-refractivity contribution >= 4 is 0 Å². The van der Waals surface area contributed by atoms with Gasteiger partial charge in [-0.3, -0.25) is 0 Å².